The van der Waals surface area contributed by atoms with Gasteiger partial charge in [-0.2, -0.15) is 0 Å². The zero-order chi connectivity index (χ0) is 10.6. The molecule has 78 valence electrons. The lowest BCUT2D eigenvalue weighted by Gasteiger charge is -2.29. The second-order valence-electron chi connectivity index (χ2n) is 3.46. The van der Waals surface area contributed by atoms with Crippen molar-refractivity contribution in [2.75, 3.05) is 6.61 Å². The summed E-state index contributed by atoms with van der Waals surface area (Å²) in [5, 5.41) is 10.2. The Morgan fingerprint density at radius 1 is 1.57 bits per heavy atom. The van der Waals surface area contributed by atoms with Gasteiger partial charge in [-0.1, -0.05) is 6.07 Å². The van der Waals surface area contributed by atoms with E-state index < -0.39 is 5.60 Å². The molecule has 0 radical (unpaired) electrons. The van der Waals surface area contributed by atoms with Crippen LogP contribution in [0.2, 0.25) is 0 Å². The first kappa shape index (κ1) is 11.1. The lowest BCUT2D eigenvalue weighted by molar-refractivity contribution is -0.0936. The van der Waals surface area contributed by atoms with Crippen LogP contribution in [0, 0.1) is 0 Å². The molecule has 0 aliphatic carbocycles. The molecule has 0 spiro atoms. The van der Waals surface area contributed by atoms with E-state index in [1.807, 2.05) is 26.0 Å². The van der Waals surface area contributed by atoms with E-state index in [9.17, 15) is 5.11 Å². The minimum Gasteiger partial charge on any atom is -0.381 e. The highest BCUT2D eigenvalue weighted by molar-refractivity contribution is 5.13. The van der Waals surface area contributed by atoms with Gasteiger partial charge in [0.05, 0.1) is 11.8 Å². The summed E-state index contributed by atoms with van der Waals surface area (Å²) in [6, 6.07) is 5.48. The zero-order valence-electron chi connectivity index (χ0n) is 8.90. The summed E-state index contributed by atoms with van der Waals surface area (Å²) in [5.41, 5.74) is -0.391. The Morgan fingerprint density at radius 3 is 2.79 bits per heavy atom. The van der Waals surface area contributed by atoms with Gasteiger partial charge in [0.1, 0.15) is 5.60 Å². The van der Waals surface area contributed by atoms with Gasteiger partial charge in [-0.15, -0.1) is 0 Å². The molecular formula is C11H17NO2. The first-order valence-electron chi connectivity index (χ1n) is 4.84. The Bertz CT molecular complexity index is 272. The highest BCUT2D eigenvalue weighted by Gasteiger charge is 2.32. The zero-order valence-corrected chi connectivity index (χ0v) is 8.90. The summed E-state index contributed by atoms with van der Waals surface area (Å²) in [6.45, 7) is 6.06. The monoisotopic (exact) mass is 195 g/mol. The van der Waals surface area contributed by atoms with E-state index in [1.165, 1.54) is 0 Å². The molecule has 14 heavy (non-hydrogen) atoms. The summed E-state index contributed by atoms with van der Waals surface area (Å²) in [6.07, 6.45) is 1.41. The number of pyridine rings is 1. The molecule has 1 aromatic rings. The van der Waals surface area contributed by atoms with E-state index >= 15 is 0 Å². The second kappa shape index (κ2) is 4.53. The molecule has 3 nitrogen and oxygen atoms in total. The topological polar surface area (TPSA) is 42.4 Å². The van der Waals surface area contributed by atoms with Crippen LogP contribution in [0.3, 0.4) is 0 Å². The Balaban J connectivity index is 2.84. The van der Waals surface area contributed by atoms with Gasteiger partial charge >= 0.3 is 0 Å². The maximum absolute atomic E-state index is 10.2. The SMILES string of the molecule is CCOC(C)C(C)(O)c1ccccn1. The summed E-state index contributed by atoms with van der Waals surface area (Å²) in [4.78, 5) is 4.12. The normalized spacial score (nSPS) is 17.4. The van der Waals surface area contributed by atoms with Crippen LogP contribution in [0.5, 0.6) is 0 Å². The molecule has 0 bridgehead atoms. The number of aliphatic hydroxyl groups is 1. The van der Waals surface area contributed by atoms with Crippen LogP contribution in [-0.4, -0.2) is 22.8 Å². The van der Waals surface area contributed by atoms with Crippen molar-refractivity contribution in [3.63, 3.8) is 0 Å². The van der Waals surface area contributed by atoms with Gasteiger partial charge in [0.15, 0.2) is 0 Å². The molecule has 0 amide bonds. The third kappa shape index (κ3) is 2.30. The highest BCUT2D eigenvalue weighted by Crippen LogP contribution is 2.24. The minimum atomic E-state index is -1.03. The fourth-order valence-corrected chi connectivity index (χ4v) is 1.28. The molecule has 0 aromatic carbocycles. The smallest absolute Gasteiger partial charge is 0.129 e. The Labute approximate surface area is 84.7 Å². The average molecular weight is 195 g/mol. The van der Waals surface area contributed by atoms with Gasteiger partial charge in [-0.3, -0.25) is 4.98 Å². The lowest BCUT2D eigenvalue weighted by atomic mass is 9.95. The standard InChI is InChI=1S/C11H17NO2/c1-4-14-9(2)11(3,13)10-7-5-6-8-12-10/h5-9,13H,4H2,1-3H3. The van der Waals surface area contributed by atoms with Crippen molar-refractivity contribution in [3.05, 3.63) is 30.1 Å². The maximum Gasteiger partial charge on any atom is 0.129 e. The second-order valence-corrected chi connectivity index (χ2v) is 3.46. The van der Waals surface area contributed by atoms with E-state index in [0.29, 0.717) is 12.3 Å². The van der Waals surface area contributed by atoms with Crippen LogP contribution in [0.1, 0.15) is 26.5 Å². The van der Waals surface area contributed by atoms with Crippen molar-refractivity contribution in [2.24, 2.45) is 0 Å². The van der Waals surface area contributed by atoms with Crippen LogP contribution in [-0.2, 0) is 10.3 Å². The van der Waals surface area contributed by atoms with Gasteiger partial charge in [0.2, 0.25) is 0 Å². The quantitative estimate of drug-likeness (QED) is 0.795. The van der Waals surface area contributed by atoms with Crippen molar-refractivity contribution < 1.29 is 9.84 Å². The summed E-state index contributed by atoms with van der Waals surface area (Å²) >= 11 is 0. The van der Waals surface area contributed by atoms with Crippen molar-refractivity contribution >= 4 is 0 Å². The van der Waals surface area contributed by atoms with E-state index in [-0.39, 0.29) is 6.10 Å². The molecular weight excluding hydrogens is 178 g/mol. The maximum atomic E-state index is 10.2. The number of aromatic nitrogens is 1. The van der Waals surface area contributed by atoms with Gasteiger partial charge in [0, 0.05) is 12.8 Å². The van der Waals surface area contributed by atoms with E-state index in [1.54, 1.807) is 19.2 Å². The van der Waals surface area contributed by atoms with Crippen molar-refractivity contribution in [3.8, 4) is 0 Å². The highest BCUT2D eigenvalue weighted by atomic mass is 16.5. The molecule has 2 unspecified atom stereocenters. The number of ether oxygens (including phenoxy) is 1. The van der Waals surface area contributed by atoms with E-state index in [0.717, 1.165) is 0 Å². The van der Waals surface area contributed by atoms with Crippen molar-refractivity contribution in [2.45, 2.75) is 32.5 Å². The van der Waals surface area contributed by atoms with Crippen LogP contribution < -0.4 is 0 Å². The Kier molecular flexibility index (Phi) is 3.61. The number of rotatable bonds is 4. The van der Waals surface area contributed by atoms with Crippen molar-refractivity contribution in [1.29, 1.82) is 0 Å². The fraction of sp³-hybridized carbons (Fsp3) is 0.545. The summed E-state index contributed by atoms with van der Waals surface area (Å²) in [7, 11) is 0. The van der Waals surface area contributed by atoms with Crippen molar-refractivity contribution in [1.82, 2.24) is 4.98 Å². The largest absolute Gasteiger partial charge is 0.381 e. The number of hydrogen-bond donors (Lipinski definition) is 1. The Morgan fingerprint density at radius 2 is 2.29 bits per heavy atom. The third-order valence-corrected chi connectivity index (χ3v) is 2.39. The molecule has 3 heteroatoms. The minimum absolute atomic E-state index is 0.262. The van der Waals surface area contributed by atoms with Gasteiger partial charge < -0.3 is 9.84 Å². The first-order valence-corrected chi connectivity index (χ1v) is 4.84. The molecule has 2 atom stereocenters. The van der Waals surface area contributed by atoms with E-state index in [2.05, 4.69) is 4.98 Å². The number of nitrogens with zero attached hydrogens (tertiary/aromatic N) is 1. The fourth-order valence-electron chi connectivity index (χ4n) is 1.28. The Hall–Kier alpha value is -0.930. The molecule has 1 aromatic heterocycles. The third-order valence-electron chi connectivity index (χ3n) is 2.39. The summed E-state index contributed by atoms with van der Waals surface area (Å²) in [5.74, 6) is 0. The van der Waals surface area contributed by atoms with Crippen LogP contribution in [0.4, 0.5) is 0 Å². The van der Waals surface area contributed by atoms with Gasteiger partial charge in [-0.05, 0) is 32.9 Å². The molecule has 0 saturated carbocycles. The van der Waals surface area contributed by atoms with Gasteiger partial charge in [0.25, 0.3) is 0 Å². The lowest BCUT2D eigenvalue weighted by Crippen LogP contribution is -2.37. The molecule has 0 saturated heterocycles. The van der Waals surface area contributed by atoms with Crippen LogP contribution >= 0.6 is 0 Å². The average Bonchev–Trinajstić information content (AvgIpc) is 2.19. The molecule has 0 fully saturated rings. The summed E-state index contributed by atoms with van der Waals surface area (Å²) < 4.78 is 5.37. The molecule has 0 aliphatic rings. The molecule has 1 N–H and O–H groups in total. The number of hydrogen-bond acceptors (Lipinski definition) is 3. The van der Waals surface area contributed by atoms with Crippen LogP contribution in [0.25, 0.3) is 0 Å². The first-order chi connectivity index (χ1) is 6.59. The van der Waals surface area contributed by atoms with Crippen LogP contribution in [0.15, 0.2) is 24.4 Å². The predicted octanol–water partition coefficient (Wildman–Crippen LogP) is 1.71. The van der Waals surface area contributed by atoms with Gasteiger partial charge in [-0.25, -0.2) is 0 Å². The van der Waals surface area contributed by atoms with E-state index in [4.69, 9.17) is 4.74 Å². The molecule has 1 heterocycles. The molecule has 0 aliphatic heterocycles. The predicted molar refractivity (Wildman–Crippen MR) is 54.9 cm³/mol. The molecule has 1 rings (SSSR count).